The van der Waals surface area contributed by atoms with Gasteiger partial charge in [0.1, 0.15) is 5.75 Å². The molecular formula is C24H26N2O4S. The van der Waals surface area contributed by atoms with Crippen LogP contribution in [0.4, 0.5) is 5.69 Å². The third kappa shape index (κ3) is 6.16. The number of anilines is 1. The van der Waals surface area contributed by atoms with Crippen molar-refractivity contribution >= 4 is 21.6 Å². The highest BCUT2D eigenvalue weighted by Gasteiger charge is 2.26. The van der Waals surface area contributed by atoms with Crippen molar-refractivity contribution in [1.29, 1.82) is 0 Å². The van der Waals surface area contributed by atoms with E-state index in [-0.39, 0.29) is 18.0 Å². The second-order valence-corrected chi connectivity index (χ2v) is 9.11. The van der Waals surface area contributed by atoms with Gasteiger partial charge in [-0.15, -0.1) is 0 Å². The van der Waals surface area contributed by atoms with Crippen LogP contribution in [-0.4, -0.2) is 38.8 Å². The molecule has 0 aliphatic rings. The van der Waals surface area contributed by atoms with E-state index in [0.717, 1.165) is 11.1 Å². The number of ether oxygens (including phenoxy) is 1. The second-order valence-electron chi connectivity index (χ2n) is 7.17. The van der Waals surface area contributed by atoms with Crippen molar-refractivity contribution in [3.63, 3.8) is 0 Å². The molecular weight excluding hydrogens is 412 g/mol. The number of hydrogen-bond donors (Lipinski definition) is 1. The Labute approximate surface area is 183 Å². The highest BCUT2D eigenvalue weighted by molar-refractivity contribution is 7.89. The quantitative estimate of drug-likeness (QED) is 0.550. The summed E-state index contributed by atoms with van der Waals surface area (Å²) in [7, 11) is -2.36. The number of rotatable bonds is 9. The molecule has 162 valence electrons. The monoisotopic (exact) mass is 438 g/mol. The molecule has 0 spiro atoms. The Morgan fingerprint density at radius 2 is 1.68 bits per heavy atom. The van der Waals surface area contributed by atoms with Gasteiger partial charge >= 0.3 is 0 Å². The van der Waals surface area contributed by atoms with Gasteiger partial charge in [-0.25, -0.2) is 8.42 Å². The number of sulfonamides is 1. The Morgan fingerprint density at radius 3 is 2.32 bits per heavy atom. The lowest BCUT2D eigenvalue weighted by Gasteiger charge is -2.22. The molecule has 31 heavy (non-hydrogen) atoms. The summed E-state index contributed by atoms with van der Waals surface area (Å²) >= 11 is 0. The normalized spacial score (nSPS) is 11.3. The maximum absolute atomic E-state index is 13.3. The van der Waals surface area contributed by atoms with E-state index in [1.807, 2.05) is 55.5 Å². The van der Waals surface area contributed by atoms with Crippen molar-refractivity contribution in [1.82, 2.24) is 4.31 Å². The highest BCUT2D eigenvalue weighted by atomic mass is 32.2. The lowest BCUT2D eigenvalue weighted by Crippen LogP contribution is -2.39. The number of methoxy groups -OCH3 is 1. The molecule has 0 aliphatic carbocycles. The smallest absolute Gasteiger partial charge is 0.243 e. The zero-order valence-corrected chi connectivity index (χ0v) is 18.4. The Bertz CT molecular complexity index is 1110. The lowest BCUT2D eigenvalue weighted by atomic mass is 10.1. The Balaban J connectivity index is 1.81. The van der Waals surface area contributed by atoms with E-state index in [4.69, 9.17) is 4.74 Å². The summed E-state index contributed by atoms with van der Waals surface area (Å²) in [5.74, 6) is 0.169. The van der Waals surface area contributed by atoms with Crippen LogP contribution in [0, 0.1) is 6.92 Å². The molecule has 6 nitrogen and oxygen atoms in total. The van der Waals surface area contributed by atoms with Gasteiger partial charge in [-0.1, -0.05) is 42.5 Å². The second kappa shape index (κ2) is 10.2. The molecule has 0 bridgehead atoms. The number of nitrogens with zero attached hydrogens (tertiary/aromatic N) is 1. The van der Waals surface area contributed by atoms with Gasteiger partial charge < -0.3 is 10.1 Å². The molecule has 3 rings (SSSR count). The predicted molar refractivity (Wildman–Crippen MR) is 122 cm³/mol. The van der Waals surface area contributed by atoms with Crippen molar-refractivity contribution in [2.24, 2.45) is 0 Å². The number of benzene rings is 3. The Hall–Kier alpha value is -3.16. The molecule has 0 aliphatic heterocycles. The molecule has 3 aromatic rings. The first-order valence-electron chi connectivity index (χ1n) is 9.93. The van der Waals surface area contributed by atoms with Crippen LogP contribution in [0.1, 0.15) is 11.1 Å². The van der Waals surface area contributed by atoms with Gasteiger partial charge in [-0.3, -0.25) is 4.79 Å². The molecule has 0 radical (unpaired) electrons. The molecule has 0 aromatic heterocycles. The van der Waals surface area contributed by atoms with Gasteiger partial charge in [0.15, 0.2) is 0 Å². The van der Waals surface area contributed by atoms with Crippen LogP contribution < -0.4 is 10.1 Å². The van der Waals surface area contributed by atoms with Crippen molar-refractivity contribution in [3.05, 3.63) is 90.0 Å². The zero-order valence-electron chi connectivity index (χ0n) is 17.6. The standard InChI is InChI=1S/C24H26N2O4S/c1-19-7-6-10-21(17-19)25-24(27)18-26(16-15-20-8-4-3-5-9-20)31(28,29)23-13-11-22(30-2)12-14-23/h3-14,17H,15-16,18H2,1-2H3,(H,25,27). The first-order valence-corrected chi connectivity index (χ1v) is 11.4. The summed E-state index contributed by atoms with van der Waals surface area (Å²) in [4.78, 5) is 12.8. The average Bonchev–Trinajstić information content (AvgIpc) is 2.77. The van der Waals surface area contributed by atoms with E-state index in [0.29, 0.717) is 17.9 Å². The number of hydrogen-bond acceptors (Lipinski definition) is 4. The van der Waals surface area contributed by atoms with E-state index >= 15 is 0 Å². The van der Waals surface area contributed by atoms with Gasteiger partial charge in [0.2, 0.25) is 15.9 Å². The number of carbonyl (C=O) groups excluding carboxylic acids is 1. The van der Waals surface area contributed by atoms with Crippen LogP contribution in [0.2, 0.25) is 0 Å². The number of nitrogens with one attached hydrogen (secondary N) is 1. The summed E-state index contributed by atoms with van der Waals surface area (Å²) in [5.41, 5.74) is 2.64. The van der Waals surface area contributed by atoms with Crippen molar-refractivity contribution in [3.8, 4) is 5.75 Å². The molecule has 1 N–H and O–H groups in total. The third-order valence-corrected chi connectivity index (χ3v) is 6.67. The first kappa shape index (κ1) is 22.5. The molecule has 0 atom stereocenters. The summed E-state index contributed by atoms with van der Waals surface area (Å²) in [5, 5.41) is 2.79. The van der Waals surface area contributed by atoms with E-state index < -0.39 is 15.9 Å². The topological polar surface area (TPSA) is 75.7 Å². The number of carbonyl (C=O) groups is 1. The van der Waals surface area contributed by atoms with Gasteiger partial charge in [0.25, 0.3) is 0 Å². The fourth-order valence-electron chi connectivity index (χ4n) is 3.16. The molecule has 0 heterocycles. The molecule has 0 fully saturated rings. The molecule has 0 unspecified atom stereocenters. The van der Waals surface area contributed by atoms with E-state index in [2.05, 4.69) is 5.32 Å². The number of aryl methyl sites for hydroxylation is 1. The largest absolute Gasteiger partial charge is 0.497 e. The van der Waals surface area contributed by atoms with Crippen molar-refractivity contribution in [2.75, 3.05) is 25.5 Å². The summed E-state index contributed by atoms with van der Waals surface area (Å²) in [6.07, 6.45) is 0.494. The molecule has 0 saturated carbocycles. The number of amides is 1. The molecule has 1 amide bonds. The average molecular weight is 439 g/mol. The highest BCUT2D eigenvalue weighted by Crippen LogP contribution is 2.20. The van der Waals surface area contributed by atoms with Gasteiger partial charge in [0.05, 0.1) is 18.6 Å². The maximum Gasteiger partial charge on any atom is 0.243 e. The molecule has 0 saturated heterocycles. The van der Waals surface area contributed by atoms with Gasteiger partial charge in [-0.05, 0) is 60.9 Å². The van der Waals surface area contributed by atoms with Crippen LogP contribution in [0.5, 0.6) is 5.75 Å². The van der Waals surface area contributed by atoms with Crippen LogP contribution in [-0.2, 0) is 21.2 Å². The van der Waals surface area contributed by atoms with Crippen LogP contribution in [0.15, 0.2) is 83.8 Å². The minimum absolute atomic E-state index is 0.115. The van der Waals surface area contributed by atoms with Gasteiger partial charge in [0, 0.05) is 12.2 Å². The fraction of sp³-hybridized carbons (Fsp3) is 0.208. The fourth-order valence-corrected chi connectivity index (χ4v) is 4.56. The SMILES string of the molecule is COc1ccc(S(=O)(=O)N(CCc2ccccc2)CC(=O)Nc2cccc(C)c2)cc1. The summed E-state index contributed by atoms with van der Waals surface area (Å²) in [6, 6.07) is 23.1. The Kier molecular flexibility index (Phi) is 7.44. The Morgan fingerprint density at radius 1 is 0.968 bits per heavy atom. The minimum atomic E-state index is -3.87. The zero-order chi connectivity index (χ0) is 22.3. The van der Waals surface area contributed by atoms with Gasteiger partial charge in [-0.2, -0.15) is 4.31 Å². The molecule has 3 aromatic carbocycles. The van der Waals surface area contributed by atoms with E-state index in [1.54, 1.807) is 18.2 Å². The third-order valence-electron chi connectivity index (χ3n) is 4.81. The van der Waals surface area contributed by atoms with Crippen LogP contribution in [0.25, 0.3) is 0 Å². The predicted octanol–water partition coefficient (Wildman–Crippen LogP) is 3.88. The lowest BCUT2D eigenvalue weighted by molar-refractivity contribution is -0.116. The van der Waals surface area contributed by atoms with Crippen LogP contribution in [0.3, 0.4) is 0 Å². The van der Waals surface area contributed by atoms with Crippen molar-refractivity contribution in [2.45, 2.75) is 18.2 Å². The first-order chi connectivity index (χ1) is 14.9. The van der Waals surface area contributed by atoms with E-state index in [9.17, 15) is 13.2 Å². The molecule has 7 heteroatoms. The summed E-state index contributed by atoms with van der Waals surface area (Å²) in [6.45, 7) is 1.82. The van der Waals surface area contributed by atoms with Crippen molar-refractivity contribution < 1.29 is 17.9 Å². The summed E-state index contributed by atoms with van der Waals surface area (Å²) < 4.78 is 32.9. The van der Waals surface area contributed by atoms with Crippen LogP contribution >= 0.6 is 0 Å². The minimum Gasteiger partial charge on any atom is -0.497 e. The maximum atomic E-state index is 13.3. The van der Waals surface area contributed by atoms with E-state index in [1.165, 1.54) is 23.5 Å².